The quantitative estimate of drug-likeness (QED) is 0.503. The van der Waals surface area contributed by atoms with Crippen LogP contribution in [0.4, 0.5) is 0 Å². The van der Waals surface area contributed by atoms with Gasteiger partial charge in [-0.15, -0.1) is 11.6 Å². The number of carbonyl (C=O) groups excluding carboxylic acids is 1. The molecule has 0 aliphatic carbocycles. The lowest BCUT2D eigenvalue weighted by molar-refractivity contribution is -0.125. The number of nitrogens with one attached hydrogen (secondary N) is 1. The minimum absolute atomic E-state index is 0.0372. The molecule has 0 aliphatic rings. The molecule has 1 N–H and O–H groups in total. The lowest BCUT2D eigenvalue weighted by Gasteiger charge is -2.09. The Morgan fingerprint density at radius 1 is 1.43 bits per heavy atom. The van der Waals surface area contributed by atoms with Gasteiger partial charge in [0, 0.05) is 13.2 Å². The average molecular weight is 222 g/mol. The third-order valence-corrected chi connectivity index (χ3v) is 2.08. The number of halogens is 1. The molecule has 0 aliphatic heterocycles. The van der Waals surface area contributed by atoms with Crippen LogP contribution in [0.5, 0.6) is 0 Å². The van der Waals surface area contributed by atoms with Crippen LogP contribution in [0.15, 0.2) is 0 Å². The van der Waals surface area contributed by atoms with Crippen molar-refractivity contribution in [1.29, 1.82) is 0 Å². The van der Waals surface area contributed by atoms with Gasteiger partial charge in [0.25, 0.3) is 0 Å². The predicted molar refractivity (Wildman–Crippen MR) is 58.7 cm³/mol. The molecule has 0 rings (SSSR count). The van der Waals surface area contributed by atoms with E-state index in [1.54, 1.807) is 0 Å². The van der Waals surface area contributed by atoms with Crippen LogP contribution in [-0.2, 0) is 9.53 Å². The molecule has 0 fully saturated rings. The number of ether oxygens (including phenoxy) is 1. The van der Waals surface area contributed by atoms with Gasteiger partial charge in [0.15, 0.2) is 0 Å². The van der Waals surface area contributed by atoms with E-state index in [1.165, 1.54) is 0 Å². The minimum Gasteiger partial charge on any atom is -0.372 e. The highest BCUT2D eigenvalue weighted by molar-refractivity contribution is 6.20. The van der Waals surface area contributed by atoms with E-state index >= 15 is 0 Å². The SMILES string of the molecule is CCCOCC(=O)NCC(Cl)CCC. The summed E-state index contributed by atoms with van der Waals surface area (Å²) in [5.41, 5.74) is 0. The summed E-state index contributed by atoms with van der Waals surface area (Å²) in [6.45, 7) is 5.38. The van der Waals surface area contributed by atoms with Crippen molar-refractivity contribution in [2.75, 3.05) is 19.8 Å². The number of hydrogen-bond donors (Lipinski definition) is 1. The molecule has 0 aromatic rings. The van der Waals surface area contributed by atoms with E-state index in [4.69, 9.17) is 16.3 Å². The van der Waals surface area contributed by atoms with Crippen LogP contribution >= 0.6 is 11.6 Å². The number of hydrogen-bond acceptors (Lipinski definition) is 2. The highest BCUT2D eigenvalue weighted by atomic mass is 35.5. The number of amides is 1. The summed E-state index contributed by atoms with van der Waals surface area (Å²) >= 11 is 5.93. The molecule has 0 saturated heterocycles. The normalized spacial score (nSPS) is 12.5. The van der Waals surface area contributed by atoms with Crippen LogP contribution in [0, 0.1) is 0 Å². The van der Waals surface area contributed by atoms with Crippen LogP contribution in [0.25, 0.3) is 0 Å². The number of rotatable bonds is 8. The standard InChI is InChI=1S/C10H20ClNO2/c1-3-5-9(11)7-12-10(13)8-14-6-4-2/h9H,3-8H2,1-2H3,(H,12,13). The van der Waals surface area contributed by atoms with Gasteiger partial charge in [0.2, 0.25) is 5.91 Å². The first-order valence-corrected chi connectivity index (χ1v) is 5.62. The van der Waals surface area contributed by atoms with E-state index in [2.05, 4.69) is 12.2 Å². The monoisotopic (exact) mass is 221 g/mol. The van der Waals surface area contributed by atoms with E-state index in [1.807, 2.05) is 6.92 Å². The Morgan fingerprint density at radius 2 is 2.14 bits per heavy atom. The topological polar surface area (TPSA) is 38.3 Å². The Kier molecular flexibility index (Phi) is 9.10. The summed E-state index contributed by atoms with van der Waals surface area (Å²) < 4.78 is 5.08. The van der Waals surface area contributed by atoms with Gasteiger partial charge < -0.3 is 10.1 Å². The van der Waals surface area contributed by atoms with Gasteiger partial charge in [-0.25, -0.2) is 0 Å². The van der Waals surface area contributed by atoms with Crippen molar-refractivity contribution in [3.05, 3.63) is 0 Å². The van der Waals surface area contributed by atoms with E-state index in [0.717, 1.165) is 19.3 Å². The van der Waals surface area contributed by atoms with Gasteiger partial charge >= 0.3 is 0 Å². The Labute approximate surface area is 91.2 Å². The van der Waals surface area contributed by atoms with Crippen molar-refractivity contribution < 1.29 is 9.53 Å². The second-order valence-corrected chi connectivity index (χ2v) is 3.86. The maximum absolute atomic E-state index is 11.1. The Hall–Kier alpha value is -0.280. The minimum atomic E-state index is -0.0831. The molecule has 0 aromatic carbocycles. The lowest BCUT2D eigenvalue weighted by Crippen LogP contribution is -2.32. The Bertz CT molecular complexity index is 153. The second kappa shape index (κ2) is 9.28. The third kappa shape index (κ3) is 8.32. The Morgan fingerprint density at radius 3 is 2.71 bits per heavy atom. The summed E-state index contributed by atoms with van der Waals surface area (Å²) in [5, 5.41) is 2.77. The zero-order chi connectivity index (χ0) is 10.8. The average Bonchev–Trinajstić information content (AvgIpc) is 2.16. The van der Waals surface area contributed by atoms with Gasteiger partial charge in [-0.2, -0.15) is 0 Å². The predicted octanol–water partition coefficient (Wildman–Crippen LogP) is 1.94. The van der Waals surface area contributed by atoms with Crippen molar-refractivity contribution in [3.8, 4) is 0 Å². The zero-order valence-electron chi connectivity index (χ0n) is 9.01. The van der Waals surface area contributed by atoms with E-state index in [0.29, 0.717) is 13.2 Å². The molecular formula is C10H20ClNO2. The first-order valence-electron chi connectivity index (χ1n) is 5.19. The van der Waals surface area contributed by atoms with Crippen molar-refractivity contribution in [2.24, 2.45) is 0 Å². The molecule has 0 aromatic heterocycles. The highest BCUT2D eigenvalue weighted by Crippen LogP contribution is 2.02. The number of carbonyl (C=O) groups is 1. The third-order valence-electron chi connectivity index (χ3n) is 1.70. The van der Waals surface area contributed by atoms with Crippen LogP contribution < -0.4 is 5.32 Å². The molecule has 84 valence electrons. The molecule has 0 radical (unpaired) electrons. The zero-order valence-corrected chi connectivity index (χ0v) is 9.77. The van der Waals surface area contributed by atoms with Crippen LogP contribution in [-0.4, -0.2) is 31.0 Å². The summed E-state index contributed by atoms with van der Waals surface area (Å²) in [7, 11) is 0. The molecule has 0 spiro atoms. The molecule has 14 heavy (non-hydrogen) atoms. The molecule has 0 heterocycles. The molecule has 1 amide bonds. The maximum Gasteiger partial charge on any atom is 0.246 e. The fourth-order valence-corrected chi connectivity index (χ4v) is 1.30. The van der Waals surface area contributed by atoms with Gasteiger partial charge in [-0.05, 0) is 12.8 Å². The fraction of sp³-hybridized carbons (Fsp3) is 0.900. The van der Waals surface area contributed by atoms with Crippen molar-refractivity contribution in [2.45, 2.75) is 38.5 Å². The van der Waals surface area contributed by atoms with Crippen LogP contribution in [0.2, 0.25) is 0 Å². The van der Waals surface area contributed by atoms with Gasteiger partial charge in [0.05, 0.1) is 5.38 Å². The highest BCUT2D eigenvalue weighted by Gasteiger charge is 2.05. The molecule has 0 saturated carbocycles. The molecule has 1 unspecified atom stereocenters. The number of alkyl halides is 1. The first kappa shape index (κ1) is 13.7. The largest absolute Gasteiger partial charge is 0.372 e. The van der Waals surface area contributed by atoms with E-state index in [-0.39, 0.29) is 17.9 Å². The Balaban J connectivity index is 3.34. The van der Waals surface area contributed by atoms with Gasteiger partial charge in [-0.1, -0.05) is 20.3 Å². The maximum atomic E-state index is 11.1. The van der Waals surface area contributed by atoms with Crippen LogP contribution in [0.3, 0.4) is 0 Å². The van der Waals surface area contributed by atoms with Crippen LogP contribution in [0.1, 0.15) is 33.1 Å². The summed E-state index contributed by atoms with van der Waals surface area (Å²) in [5.74, 6) is -0.0831. The lowest BCUT2D eigenvalue weighted by atomic mass is 10.2. The molecular weight excluding hydrogens is 202 g/mol. The smallest absolute Gasteiger partial charge is 0.246 e. The summed E-state index contributed by atoms with van der Waals surface area (Å²) in [6.07, 6.45) is 2.90. The molecule has 4 heteroatoms. The fourth-order valence-electron chi connectivity index (χ4n) is 1.00. The molecule has 0 bridgehead atoms. The second-order valence-electron chi connectivity index (χ2n) is 3.24. The summed E-state index contributed by atoms with van der Waals surface area (Å²) in [4.78, 5) is 11.1. The first-order chi connectivity index (χ1) is 6.70. The van der Waals surface area contributed by atoms with Gasteiger partial charge in [0.1, 0.15) is 6.61 Å². The molecule has 3 nitrogen and oxygen atoms in total. The van der Waals surface area contributed by atoms with Gasteiger partial charge in [-0.3, -0.25) is 4.79 Å². The van der Waals surface area contributed by atoms with E-state index < -0.39 is 0 Å². The molecule has 1 atom stereocenters. The van der Waals surface area contributed by atoms with Crippen molar-refractivity contribution in [3.63, 3.8) is 0 Å². The van der Waals surface area contributed by atoms with Crippen molar-refractivity contribution >= 4 is 17.5 Å². The van der Waals surface area contributed by atoms with Crippen molar-refractivity contribution in [1.82, 2.24) is 5.32 Å². The summed E-state index contributed by atoms with van der Waals surface area (Å²) in [6, 6.07) is 0. The van der Waals surface area contributed by atoms with E-state index in [9.17, 15) is 4.79 Å².